The molecule has 156 valence electrons. The highest BCUT2D eigenvalue weighted by Gasteiger charge is 2.49. The van der Waals surface area contributed by atoms with Gasteiger partial charge in [-0.3, -0.25) is 4.99 Å². The van der Waals surface area contributed by atoms with Gasteiger partial charge in [0, 0.05) is 22.3 Å². The molecule has 1 saturated carbocycles. The minimum Gasteiger partial charge on any atom is -0.379 e. The van der Waals surface area contributed by atoms with Gasteiger partial charge in [0.25, 0.3) is 0 Å². The van der Waals surface area contributed by atoms with E-state index in [4.69, 9.17) is 5.73 Å². The van der Waals surface area contributed by atoms with Crippen molar-refractivity contribution in [1.82, 2.24) is 0 Å². The van der Waals surface area contributed by atoms with Crippen molar-refractivity contribution in [3.05, 3.63) is 77.9 Å². The van der Waals surface area contributed by atoms with Crippen LogP contribution in [0.15, 0.2) is 71.7 Å². The molecule has 2 nitrogen and oxygen atoms in total. The highest BCUT2D eigenvalue weighted by atomic mass is 32.2. The van der Waals surface area contributed by atoms with Gasteiger partial charge in [-0.1, -0.05) is 91.3 Å². The highest BCUT2D eigenvalue weighted by molar-refractivity contribution is 8.22. The summed E-state index contributed by atoms with van der Waals surface area (Å²) in [5.74, 6) is 3.24. The quantitative estimate of drug-likeness (QED) is 0.554. The molecule has 3 aliphatic rings. The van der Waals surface area contributed by atoms with Crippen molar-refractivity contribution < 1.29 is 0 Å². The Balaban J connectivity index is 1.51. The first-order chi connectivity index (χ1) is 14.7. The monoisotopic (exact) mass is 452 g/mol. The van der Waals surface area contributed by atoms with E-state index in [1.54, 1.807) is 11.8 Å². The van der Waals surface area contributed by atoms with Crippen molar-refractivity contribution in [2.75, 3.05) is 11.5 Å². The molecule has 5 rings (SSSR count). The largest absolute Gasteiger partial charge is 0.379 e. The molecular formula is C25H28N2S3. The Hall–Kier alpha value is -1.30. The summed E-state index contributed by atoms with van der Waals surface area (Å²) >= 11 is 6.02. The summed E-state index contributed by atoms with van der Waals surface area (Å²) in [5.41, 5.74) is 8.76. The number of benzene rings is 2. The van der Waals surface area contributed by atoms with Crippen molar-refractivity contribution >= 4 is 45.4 Å². The number of rotatable bonds is 5. The van der Waals surface area contributed by atoms with E-state index in [1.165, 1.54) is 41.7 Å². The van der Waals surface area contributed by atoms with Crippen LogP contribution in [0.1, 0.15) is 42.7 Å². The number of nitrogens with two attached hydrogens (primary N) is 1. The Morgan fingerprint density at radius 2 is 1.80 bits per heavy atom. The van der Waals surface area contributed by atoms with Crippen LogP contribution in [0.3, 0.4) is 0 Å². The smallest absolute Gasteiger partial charge is 0.154 e. The predicted molar refractivity (Wildman–Crippen MR) is 136 cm³/mol. The lowest BCUT2D eigenvalue weighted by Gasteiger charge is -2.50. The molecule has 0 bridgehead atoms. The van der Waals surface area contributed by atoms with Crippen LogP contribution in [0.2, 0.25) is 0 Å². The lowest BCUT2D eigenvalue weighted by Crippen LogP contribution is -2.41. The van der Waals surface area contributed by atoms with E-state index in [9.17, 15) is 0 Å². The zero-order valence-corrected chi connectivity index (χ0v) is 19.5. The fourth-order valence-electron chi connectivity index (χ4n) is 4.95. The summed E-state index contributed by atoms with van der Waals surface area (Å²) in [6.45, 7) is 0. The first-order valence-electron chi connectivity index (χ1n) is 10.8. The molecule has 0 amide bonds. The van der Waals surface area contributed by atoms with Gasteiger partial charge in [0.15, 0.2) is 5.17 Å². The summed E-state index contributed by atoms with van der Waals surface area (Å²) in [4.78, 5) is 6.12. The second kappa shape index (κ2) is 9.05. The predicted octanol–water partition coefficient (Wildman–Crippen LogP) is 6.61. The molecule has 2 heterocycles. The summed E-state index contributed by atoms with van der Waals surface area (Å²) < 4.78 is 0.218. The van der Waals surface area contributed by atoms with Gasteiger partial charge in [-0.05, 0) is 29.9 Å². The Morgan fingerprint density at radius 1 is 1.03 bits per heavy atom. The number of hydrogen-bond acceptors (Lipinski definition) is 5. The van der Waals surface area contributed by atoms with Crippen LogP contribution in [-0.2, 0) is 0 Å². The SMILES string of the molecule is NC1=N[C@H](CS[C@]23CCCC[C@@H]2[C@@H](c2ccccc2)C=C(c2ccccc2)S3)CS1. The van der Waals surface area contributed by atoms with Gasteiger partial charge in [0.05, 0.1) is 10.1 Å². The Bertz CT molecular complexity index is 928. The van der Waals surface area contributed by atoms with E-state index in [-0.39, 0.29) is 4.08 Å². The van der Waals surface area contributed by atoms with E-state index < -0.39 is 0 Å². The highest BCUT2D eigenvalue weighted by Crippen LogP contribution is 2.63. The summed E-state index contributed by atoms with van der Waals surface area (Å²) in [6, 6.07) is 22.5. The normalized spacial score (nSPS) is 31.0. The average Bonchev–Trinajstić information content (AvgIpc) is 3.23. The Morgan fingerprint density at radius 3 is 2.53 bits per heavy atom. The molecule has 0 aromatic heterocycles. The molecule has 2 aromatic carbocycles. The van der Waals surface area contributed by atoms with E-state index in [0.717, 1.165) is 16.7 Å². The number of hydrogen-bond donors (Lipinski definition) is 1. The first kappa shape index (κ1) is 20.6. The third kappa shape index (κ3) is 4.21. The summed E-state index contributed by atoms with van der Waals surface area (Å²) in [7, 11) is 0. The van der Waals surface area contributed by atoms with Crippen LogP contribution in [0, 0.1) is 5.92 Å². The van der Waals surface area contributed by atoms with Crippen LogP contribution >= 0.6 is 35.3 Å². The third-order valence-electron chi connectivity index (χ3n) is 6.40. The third-order valence-corrected chi connectivity index (χ3v) is 10.9. The lowest BCUT2D eigenvalue weighted by molar-refractivity contribution is 0.320. The number of nitrogens with zero attached hydrogens (tertiary/aromatic N) is 1. The van der Waals surface area contributed by atoms with Gasteiger partial charge in [-0.25, -0.2) is 0 Å². The maximum Gasteiger partial charge on any atom is 0.154 e. The zero-order chi connectivity index (χ0) is 20.4. The number of aliphatic imine (C=N–C) groups is 1. The molecule has 2 aromatic rings. The van der Waals surface area contributed by atoms with Crippen LogP contribution in [0.4, 0.5) is 0 Å². The average molecular weight is 453 g/mol. The molecule has 0 spiro atoms. The zero-order valence-electron chi connectivity index (χ0n) is 17.1. The van der Waals surface area contributed by atoms with Gasteiger partial charge in [-0.2, -0.15) is 0 Å². The van der Waals surface area contributed by atoms with Crippen molar-refractivity contribution in [1.29, 1.82) is 0 Å². The Labute approximate surface area is 192 Å². The van der Waals surface area contributed by atoms with Crippen LogP contribution in [0.5, 0.6) is 0 Å². The Kier molecular flexibility index (Phi) is 6.22. The van der Waals surface area contributed by atoms with Gasteiger partial charge in [0.1, 0.15) is 0 Å². The molecule has 30 heavy (non-hydrogen) atoms. The van der Waals surface area contributed by atoms with Crippen molar-refractivity contribution in [3.8, 4) is 0 Å². The number of thioether (sulfide) groups is 3. The number of amidine groups is 1. The molecule has 0 saturated heterocycles. The molecule has 1 aliphatic carbocycles. The fraction of sp³-hybridized carbons (Fsp3) is 0.400. The fourth-order valence-corrected chi connectivity index (χ4v) is 9.52. The van der Waals surface area contributed by atoms with Crippen molar-refractivity contribution in [2.24, 2.45) is 16.6 Å². The van der Waals surface area contributed by atoms with Gasteiger partial charge in [0.2, 0.25) is 0 Å². The maximum atomic E-state index is 5.95. The van der Waals surface area contributed by atoms with E-state index in [1.807, 2.05) is 0 Å². The van der Waals surface area contributed by atoms with Gasteiger partial charge < -0.3 is 5.73 Å². The van der Waals surface area contributed by atoms with Crippen LogP contribution in [-0.4, -0.2) is 26.8 Å². The van der Waals surface area contributed by atoms with E-state index in [2.05, 4.69) is 95.3 Å². The van der Waals surface area contributed by atoms with Crippen molar-refractivity contribution in [3.63, 3.8) is 0 Å². The molecule has 5 heteroatoms. The second-order valence-electron chi connectivity index (χ2n) is 8.34. The lowest BCUT2D eigenvalue weighted by atomic mass is 9.75. The minimum atomic E-state index is 0.218. The summed E-state index contributed by atoms with van der Waals surface area (Å²) in [6.07, 6.45) is 7.81. The van der Waals surface area contributed by atoms with Crippen LogP contribution < -0.4 is 5.73 Å². The van der Waals surface area contributed by atoms with Crippen LogP contribution in [0.25, 0.3) is 4.91 Å². The maximum absolute atomic E-state index is 5.95. The number of allylic oxidation sites excluding steroid dienone is 1. The molecule has 0 unspecified atom stereocenters. The summed E-state index contributed by atoms with van der Waals surface area (Å²) in [5, 5.41) is 0.765. The molecule has 2 aliphatic heterocycles. The molecule has 2 N–H and O–H groups in total. The minimum absolute atomic E-state index is 0.218. The molecule has 1 fully saturated rings. The van der Waals surface area contributed by atoms with Gasteiger partial charge >= 0.3 is 0 Å². The van der Waals surface area contributed by atoms with Gasteiger partial charge in [-0.15, -0.1) is 23.5 Å². The first-order valence-corrected chi connectivity index (χ1v) is 13.6. The standard InChI is InChI=1S/C25H28N2S3/c26-24-27-20(16-28-24)17-29-25-14-8-7-13-22(25)21(18-9-3-1-4-10-18)15-23(30-25)19-11-5-2-6-12-19/h1-6,9-12,15,20-22H,7-8,13-14,16-17H2,(H2,26,27)/t20-,21+,22+,25-/m0/s1. The number of fused-ring (bicyclic) bond motifs is 1. The molecular weight excluding hydrogens is 424 g/mol. The van der Waals surface area contributed by atoms with E-state index >= 15 is 0 Å². The van der Waals surface area contributed by atoms with Crippen molar-refractivity contribution in [2.45, 2.75) is 41.7 Å². The molecule has 0 radical (unpaired) electrons. The molecule has 4 atom stereocenters. The second-order valence-corrected chi connectivity index (χ2v) is 12.4. The van der Waals surface area contributed by atoms with E-state index in [0.29, 0.717) is 17.9 Å². The topological polar surface area (TPSA) is 38.4 Å².